The summed E-state index contributed by atoms with van der Waals surface area (Å²) in [5.41, 5.74) is -3.17. The fourth-order valence-corrected chi connectivity index (χ4v) is 3.86. The molecule has 0 heterocycles. The molecule has 0 amide bonds. The number of hydrogen-bond acceptors (Lipinski definition) is 7. The molecule has 0 spiro atoms. The quantitative estimate of drug-likeness (QED) is 0.463. The molecule has 2 aliphatic rings. The number of Topliss-reactive ketones (excluding diaryl/α,β-unsaturated/α-hetero) is 3. The van der Waals surface area contributed by atoms with Gasteiger partial charge in [-0.3, -0.25) is 14.4 Å². The first-order chi connectivity index (χ1) is 13.7. The number of aliphatic hydroxyl groups is 4. The lowest BCUT2D eigenvalue weighted by Crippen LogP contribution is -2.37. The van der Waals surface area contributed by atoms with Gasteiger partial charge in [0.25, 0.3) is 0 Å². The molecule has 4 N–H and O–H groups in total. The summed E-state index contributed by atoms with van der Waals surface area (Å²) in [6.07, 6.45) is 0.513. The van der Waals surface area contributed by atoms with Crippen LogP contribution < -0.4 is 0 Å². The number of aliphatic hydroxyl groups excluding tert-OH is 4. The Bertz CT molecular complexity index is 952. The summed E-state index contributed by atoms with van der Waals surface area (Å²) in [7, 11) is 0. The van der Waals surface area contributed by atoms with Crippen LogP contribution in [0.1, 0.15) is 67.2 Å². The number of carbonyl (C=O) groups excluding carboxylic acids is 3. The number of ketones is 3. The van der Waals surface area contributed by atoms with Crippen molar-refractivity contribution in [1.29, 1.82) is 0 Å². The van der Waals surface area contributed by atoms with Gasteiger partial charge < -0.3 is 20.4 Å². The van der Waals surface area contributed by atoms with Crippen LogP contribution in [0.4, 0.5) is 0 Å². The number of hydrogen-bond donors (Lipinski definition) is 4. The molecular weight excluding hydrogens is 388 g/mol. The van der Waals surface area contributed by atoms with Gasteiger partial charge in [0.15, 0.2) is 17.3 Å². The highest BCUT2D eigenvalue weighted by Crippen LogP contribution is 2.46. The summed E-state index contributed by atoms with van der Waals surface area (Å²) in [5.74, 6) is -3.56. The maximum absolute atomic E-state index is 12.7. The van der Waals surface area contributed by atoms with Crippen LogP contribution in [0.25, 0.3) is 0 Å². The lowest BCUT2D eigenvalue weighted by Gasteiger charge is -2.34. The molecule has 0 saturated heterocycles. The molecule has 0 saturated carbocycles. The van der Waals surface area contributed by atoms with Crippen LogP contribution >= 0.6 is 0 Å². The van der Waals surface area contributed by atoms with E-state index in [1.54, 1.807) is 6.92 Å². The van der Waals surface area contributed by atoms with Crippen LogP contribution in [0.15, 0.2) is 45.3 Å². The van der Waals surface area contributed by atoms with Crippen molar-refractivity contribution < 1.29 is 34.8 Å². The van der Waals surface area contributed by atoms with Gasteiger partial charge in [-0.05, 0) is 34.1 Å². The molecule has 0 radical (unpaired) electrons. The van der Waals surface area contributed by atoms with E-state index < -0.39 is 51.0 Å². The number of carbonyl (C=O) groups is 3. The molecule has 0 unspecified atom stereocenters. The van der Waals surface area contributed by atoms with Crippen LogP contribution in [0, 0.1) is 10.8 Å². The van der Waals surface area contributed by atoms with Crippen LogP contribution in [0.5, 0.6) is 0 Å². The Labute approximate surface area is 176 Å². The Hall–Kier alpha value is -2.83. The molecule has 0 aromatic carbocycles. The standard InChI is InChI=1S/C23H30O7/c1-7-9-11-16(25)12(19(28)22(3,4)18(11)27)10-13-17(26)15(14(24)8-2)21(30)23(5,6)20(13)29/h25-26,28-29H,7-10H2,1-6H3. The van der Waals surface area contributed by atoms with E-state index in [0.717, 1.165) is 0 Å². The fourth-order valence-electron chi connectivity index (χ4n) is 3.86. The summed E-state index contributed by atoms with van der Waals surface area (Å²) in [5, 5.41) is 43.0. The summed E-state index contributed by atoms with van der Waals surface area (Å²) < 4.78 is 0. The molecule has 2 aliphatic carbocycles. The molecule has 164 valence electrons. The molecule has 0 bridgehead atoms. The molecule has 7 nitrogen and oxygen atoms in total. The van der Waals surface area contributed by atoms with Crippen molar-refractivity contribution in [2.75, 3.05) is 0 Å². The van der Waals surface area contributed by atoms with Crippen molar-refractivity contribution in [3.63, 3.8) is 0 Å². The minimum atomic E-state index is -1.47. The zero-order valence-corrected chi connectivity index (χ0v) is 18.3. The second-order valence-electron chi connectivity index (χ2n) is 8.82. The summed E-state index contributed by atoms with van der Waals surface area (Å²) in [6, 6.07) is 0. The second-order valence-corrected chi connectivity index (χ2v) is 8.82. The largest absolute Gasteiger partial charge is 0.511 e. The summed E-state index contributed by atoms with van der Waals surface area (Å²) >= 11 is 0. The average Bonchev–Trinajstić information content (AvgIpc) is 2.68. The summed E-state index contributed by atoms with van der Waals surface area (Å²) in [4.78, 5) is 37.8. The lowest BCUT2D eigenvalue weighted by atomic mass is 9.70. The molecule has 0 atom stereocenters. The van der Waals surface area contributed by atoms with E-state index in [1.165, 1.54) is 27.7 Å². The van der Waals surface area contributed by atoms with Crippen LogP contribution in [-0.4, -0.2) is 37.8 Å². The topological polar surface area (TPSA) is 132 Å². The predicted molar refractivity (Wildman–Crippen MR) is 111 cm³/mol. The first-order valence-electron chi connectivity index (χ1n) is 10.1. The van der Waals surface area contributed by atoms with Gasteiger partial charge in [0.2, 0.25) is 0 Å². The Balaban J connectivity index is 2.74. The maximum atomic E-state index is 12.7. The molecule has 2 rings (SSSR count). The van der Waals surface area contributed by atoms with Gasteiger partial charge in [-0.2, -0.15) is 0 Å². The maximum Gasteiger partial charge on any atom is 0.183 e. The van der Waals surface area contributed by atoms with E-state index in [2.05, 4.69) is 0 Å². The van der Waals surface area contributed by atoms with E-state index in [0.29, 0.717) is 12.8 Å². The highest BCUT2D eigenvalue weighted by atomic mass is 16.3. The third kappa shape index (κ3) is 3.36. The van der Waals surface area contributed by atoms with Crippen LogP contribution in [0.2, 0.25) is 0 Å². The monoisotopic (exact) mass is 418 g/mol. The highest BCUT2D eigenvalue weighted by molar-refractivity contribution is 6.24. The molecule has 0 fully saturated rings. The van der Waals surface area contributed by atoms with E-state index in [4.69, 9.17) is 0 Å². The molecular formula is C23H30O7. The van der Waals surface area contributed by atoms with Gasteiger partial charge in [-0.25, -0.2) is 0 Å². The third-order valence-electron chi connectivity index (χ3n) is 5.94. The Morgan fingerprint density at radius 3 is 1.70 bits per heavy atom. The highest BCUT2D eigenvalue weighted by Gasteiger charge is 2.47. The second kappa shape index (κ2) is 7.78. The van der Waals surface area contributed by atoms with Gasteiger partial charge in [0, 0.05) is 29.6 Å². The van der Waals surface area contributed by atoms with Gasteiger partial charge in [0.1, 0.15) is 28.6 Å². The van der Waals surface area contributed by atoms with Crippen molar-refractivity contribution in [3.05, 3.63) is 45.3 Å². The zero-order valence-electron chi connectivity index (χ0n) is 18.3. The van der Waals surface area contributed by atoms with E-state index in [9.17, 15) is 34.8 Å². The molecule has 0 aromatic rings. The molecule has 30 heavy (non-hydrogen) atoms. The Morgan fingerprint density at radius 1 is 0.767 bits per heavy atom. The van der Waals surface area contributed by atoms with Crippen molar-refractivity contribution in [2.45, 2.75) is 67.2 Å². The molecule has 0 aromatic heterocycles. The molecule has 7 heteroatoms. The first-order valence-corrected chi connectivity index (χ1v) is 10.1. The lowest BCUT2D eigenvalue weighted by molar-refractivity contribution is -0.127. The van der Waals surface area contributed by atoms with Crippen LogP contribution in [-0.2, 0) is 14.4 Å². The minimum Gasteiger partial charge on any atom is -0.511 e. The average molecular weight is 418 g/mol. The fraction of sp³-hybridized carbons (Fsp3) is 0.522. The summed E-state index contributed by atoms with van der Waals surface area (Å²) in [6.45, 7) is 9.31. The van der Waals surface area contributed by atoms with Gasteiger partial charge in [0.05, 0.1) is 10.8 Å². The van der Waals surface area contributed by atoms with Crippen molar-refractivity contribution in [2.24, 2.45) is 10.8 Å². The Morgan fingerprint density at radius 2 is 1.23 bits per heavy atom. The van der Waals surface area contributed by atoms with Crippen molar-refractivity contribution >= 4 is 17.3 Å². The van der Waals surface area contributed by atoms with Gasteiger partial charge in [-0.1, -0.05) is 20.3 Å². The third-order valence-corrected chi connectivity index (χ3v) is 5.94. The number of allylic oxidation sites excluding steroid dienone is 6. The van der Waals surface area contributed by atoms with Gasteiger partial charge in [-0.15, -0.1) is 0 Å². The zero-order chi connectivity index (χ0) is 23.2. The van der Waals surface area contributed by atoms with E-state index in [1.807, 2.05) is 6.92 Å². The van der Waals surface area contributed by atoms with Crippen molar-refractivity contribution in [3.8, 4) is 0 Å². The Kier molecular flexibility index (Phi) is 6.08. The predicted octanol–water partition coefficient (Wildman–Crippen LogP) is 4.62. The minimum absolute atomic E-state index is 0.0173. The SMILES string of the molecule is CCCC1=C(O)C(CC2=C(O)C(C)(C)C(=O)C(C(=O)CC)=C2O)=C(O)C(C)(C)C1=O. The van der Waals surface area contributed by atoms with E-state index in [-0.39, 0.29) is 35.3 Å². The van der Waals surface area contributed by atoms with Gasteiger partial charge >= 0.3 is 0 Å². The first kappa shape index (κ1) is 23.4. The number of rotatable bonds is 6. The van der Waals surface area contributed by atoms with Crippen molar-refractivity contribution in [1.82, 2.24) is 0 Å². The molecule has 0 aliphatic heterocycles. The normalized spacial score (nSPS) is 21.7. The van der Waals surface area contributed by atoms with E-state index >= 15 is 0 Å². The van der Waals surface area contributed by atoms with Crippen LogP contribution in [0.3, 0.4) is 0 Å². The smallest absolute Gasteiger partial charge is 0.183 e.